The number of hydrogen-bond acceptors (Lipinski definition) is 9. The van der Waals surface area contributed by atoms with Gasteiger partial charge in [0, 0.05) is 12.6 Å². The van der Waals surface area contributed by atoms with E-state index in [2.05, 4.69) is 20.5 Å². The van der Waals surface area contributed by atoms with Crippen LogP contribution in [0.3, 0.4) is 0 Å². The average molecular weight is 450 g/mol. The minimum absolute atomic E-state index is 0.267. The molecule has 1 saturated carbocycles. The van der Waals surface area contributed by atoms with Crippen LogP contribution in [0.2, 0.25) is 0 Å². The van der Waals surface area contributed by atoms with Gasteiger partial charge in [0.2, 0.25) is 5.89 Å². The van der Waals surface area contributed by atoms with Crippen molar-refractivity contribution in [3.63, 3.8) is 0 Å². The monoisotopic (exact) mass is 449 g/mol. The van der Waals surface area contributed by atoms with Crippen molar-refractivity contribution in [2.45, 2.75) is 45.1 Å². The molecule has 9 nitrogen and oxygen atoms in total. The molecule has 2 aromatic heterocycles. The Hall–Kier alpha value is -3.59. The minimum Gasteiger partial charge on any atom is -0.489 e. The molecule has 4 rings (SSSR count). The van der Waals surface area contributed by atoms with Gasteiger partial charge < -0.3 is 25.2 Å². The van der Waals surface area contributed by atoms with Crippen LogP contribution in [0.15, 0.2) is 52.6 Å². The number of aryl methyl sites for hydroxylation is 1. The molecule has 0 amide bonds. The lowest BCUT2D eigenvalue weighted by molar-refractivity contribution is 0.153. The molecule has 0 bridgehead atoms. The fourth-order valence-electron chi connectivity index (χ4n) is 3.89. The van der Waals surface area contributed by atoms with E-state index in [4.69, 9.17) is 20.7 Å². The van der Waals surface area contributed by atoms with E-state index in [1.165, 1.54) is 24.3 Å². The molecule has 9 heteroatoms. The van der Waals surface area contributed by atoms with E-state index in [9.17, 15) is 0 Å². The molecule has 174 valence electrons. The summed E-state index contributed by atoms with van der Waals surface area (Å²) in [6, 6.07) is 13.7. The van der Waals surface area contributed by atoms with Crippen molar-refractivity contribution in [2.75, 3.05) is 18.9 Å². The first-order valence-corrected chi connectivity index (χ1v) is 11.3. The number of anilines is 1. The molecule has 2 heterocycles. The van der Waals surface area contributed by atoms with Crippen LogP contribution in [0, 0.1) is 6.92 Å². The first-order valence-electron chi connectivity index (χ1n) is 11.3. The standard InChI is InChI=1S/C24H31N7O2/c1-16-21(32-18-11-7-4-8-12-18)14-13-19(28-16)22(25)20(31(2)26)15-27-24-30-29-23(33-24)17-9-5-3-6-10-17/h3,5-6,9-10,13-14,18H,4,7-8,11-12,15,25-26H2,1-2H3,(H,27,30)/b22-20-. The van der Waals surface area contributed by atoms with Gasteiger partial charge in [-0.15, -0.1) is 5.10 Å². The third-order valence-electron chi connectivity index (χ3n) is 5.75. The Morgan fingerprint density at radius 1 is 1.12 bits per heavy atom. The molecule has 3 aromatic rings. The van der Waals surface area contributed by atoms with Gasteiger partial charge in [-0.25, -0.2) is 10.8 Å². The summed E-state index contributed by atoms with van der Waals surface area (Å²) in [6.07, 6.45) is 6.19. The molecule has 0 radical (unpaired) electrons. The minimum atomic E-state index is 0.267. The molecule has 33 heavy (non-hydrogen) atoms. The number of hydrazine groups is 1. The lowest BCUT2D eigenvalue weighted by Gasteiger charge is -2.24. The Bertz CT molecular complexity index is 1090. The summed E-state index contributed by atoms with van der Waals surface area (Å²) in [5, 5.41) is 12.7. The van der Waals surface area contributed by atoms with Gasteiger partial charge in [-0.2, -0.15) is 0 Å². The number of nitrogens with one attached hydrogen (secondary N) is 1. The molecule has 1 aromatic carbocycles. The molecule has 1 aliphatic carbocycles. The summed E-state index contributed by atoms with van der Waals surface area (Å²) in [5.41, 5.74) is 9.84. The van der Waals surface area contributed by atoms with E-state index in [0.717, 1.165) is 29.8 Å². The van der Waals surface area contributed by atoms with Crippen LogP contribution in [0.5, 0.6) is 5.75 Å². The maximum absolute atomic E-state index is 6.45. The molecule has 0 atom stereocenters. The number of likely N-dealkylation sites (N-methyl/N-ethyl adjacent to an activating group) is 1. The van der Waals surface area contributed by atoms with Crippen LogP contribution < -0.4 is 21.6 Å². The van der Waals surface area contributed by atoms with E-state index in [0.29, 0.717) is 23.0 Å². The van der Waals surface area contributed by atoms with Crippen LogP contribution in [0.4, 0.5) is 6.01 Å². The number of nitrogens with zero attached hydrogens (tertiary/aromatic N) is 4. The highest BCUT2D eigenvalue weighted by Gasteiger charge is 2.18. The van der Waals surface area contributed by atoms with E-state index in [-0.39, 0.29) is 18.7 Å². The van der Waals surface area contributed by atoms with Crippen LogP contribution in [-0.4, -0.2) is 39.9 Å². The lowest BCUT2D eigenvalue weighted by atomic mass is 9.98. The highest BCUT2D eigenvalue weighted by atomic mass is 16.5. The highest BCUT2D eigenvalue weighted by Crippen LogP contribution is 2.26. The Morgan fingerprint density at radius 2 is 1.88 bits per heavy atom. The van der Waals surface area contributed by atoms with Gasteiger partial charge in [-0.05, 0) is 56.9 Å². The van der Waals surface area contributed by atoms with Gasteiger partial charge >= 0.3 is 6.01 Å². The second-order valence-corrected chi connectivity index (χ2v) is 8.26. The van der Waals surface area contributed by atoms with E-state index >= 15 is 0 Å². The van der Waals surface area contributed by atoms with Crippen LogP contribution >= 0.6 is 0 Å². The summed E-state index contributed by atoms with van der Waals surface area (Å²) in [6.45, 7) is 2.22. The van der Waals surface area contributed by atoms with Crippen molar-refractivity contribution >= 4 is 11.7 Å². The molecule has 0 unspecified atom stereocenters. The molecule has 5 N–H and O–H groups in total. The lowest BCUT2D eigenvalue weighted by Crippen LogP contribution is -2.32. The molecule has 0 saturated heterocycles. The zero-order valence-corrected chi connectivity index (χ0v) is 19.1. The van der Waals surface area contributed by atoms with Crippen LogP contribution in [0.25, 0.3) is 17.2 Å². The van der Waals surface area contributed by atoms with Crippen LogP contribution in [-0.2, 0) is 0 Å². The van der Waals surface area contributed by atoms with Crippen molar-refractivity contribution in [3.05, 3.63) is 59.5 Å². The van der Waals surface area contributed by atoms with Crippen molar-refractivity contribution in [1.29, 1.82) is 0 Å². The predicted molar refractivity (Wildman–Crippen MR) is 128 cm³/mol. The Kier molecular flexibility index (Phi) is 7.09. The van der Waals surface area contributed by atoms with Gasteiger partial charge in [0.05, 0.1) is 35.4 Å². The molecule has 1 aliphatic rings. The first-order chi connectivity index (χ1) is 16.0. The summed E-state index contributed by atoms with van der Waals surface area (Å²) in [5.74, 6) is 7.30. The summed E-state index contributed by atoms with van der Waals surface area (Å²) < 4.78 is 11.9. The number of pyridine rings is 1. The van der Waals surface area contributed by atoms with Gasteiger partial charge in [0.15, 0.2) is 0 Å². The molecule has 1 fully saturated rings. The van der Waals surface area contributed by atoms with E-state index in [1.807, 2.05) is 49.4 Å². The fourth-order valence-corrected chi connectivity index (χ4v) is 3.89. The van der Waals surface area contributed by atoms with Gasteiger partial charge in [0.1, 0.15) is 5.75 Å². The SMILES string of the molecule is Cc1nc(/C(N)=C(\CNc2nnc(-c3ccccc3)o2)N(C)N)ccc1OC1CCCCC1. The van der Waals surface area contributed by atoms with Crippen molar-refractivity contribution in [1.82, 2.24) is 20.2 Å². The quantitative estimate of drug-likeness (QED) is 0.348. The van der Waals surface area contributed by atoms with E-state index < -0.39 is 0 Å². The topological polar surface area (TPSA) is 128 Å². The van der Waals surface area contributed by atoms with Crippen LogP contribution in [0.1, 0.15) is 43.5 Å². The zero-order valence-electron chi connectivity index (χ0n) is 19.1. The predicted octanol–water partition coefficient (Wildman–Crippen LogP) is 3.70. The number of aromatic nitrogens is 3. The molecule has 0 spiro atoms. The number of benzene rings is 1. The summed E-state index contributed by atoms with van der Waals surface area (Å²) >= 11 is 0. The van der Waals surface area contributed by atoms with Crippen molar-refractivity contribution in [2.24, 2.45) is 11.6 Å². The van der Waals surface area contributed by atoms with Crippen molar-refractivity contribution < 1.29 is 9.15 Å². The van der Waals surface area contributed by atoms with Gasteiger partial charge in [-0.3, -0.25) is 0 Å². The highest BCUT2D eigenvalue weighted by molar-refractivity contribution is 5.64. The van der Waals surface area contributed by atoms with Gasteiger partial charge in [0.25, 0.3) is 0 Å². The number of ether oxygens (including phenoxy) is 1. The summed E-state index contributed by atoms with van der Waals surface area (Å²) in [7, 11) is 1.72. The summed E-state index contributed by atoms with van der Waals surface area (Å²) in [4.78, 5) is 4.67. The maximum Gasteiger partial charge on any atom is 0.316 e. The average Bonchev–Trinajstić information content (AvgIpc) is 3.30. The Labute approximate surface area is 193 Å². The van der Waals surface area contributed by atoms with Crippen molar-refractivity contribution in [3.8, 4) is 17.2 Å². The Morgan fingerprint density at radius 3 is 2.58 bits per heavy atom. The van der Waals surface area contributed by atoms with E-state index in [1.54, 1.807) is 7.05 Å². The number of nitrogens with two attached hydrogens (primary N) is 2. The smallest absolute Gasteiger partial charge is 0.316 e. The number of rotatable bonds is 8. The Balaban J connectivity index is 1.47. The molecular formula is C24H31N7O2. The zero-order chi connectivity index (χ0) is 23.2. The molecular weight excluding hydrogens is 418 g/mol. The number of hydrogen-bond donors (Lipinski definition) is 3. The van der Waals surface area contributed by atoms with Gasteiger partial charge in [-0.1, -0.05) is 29.7 Å². The second-order valence-electron chi connectivity index (χ2n) is 8.26. The second kappa shape index (κ2) is 10.4. The first kappa shape index (κ1) is 22.6. The third-order valence-corrected chi connectivity index (χ3v) is 5.75. The fraction of sp³-hybridized carbons (Fsp3) is 0.375. The largest absolute Gasteiger partial charge is 0.489 e. The maximum atomic E-state index is 6.45. The third kappa shape index (κ3) is 5.61. The molecule has 0 aliphatic heterocycles. The normalized spacial score (nSPS) is 15.1.